The largest absolute Gasteiger partial charge is 0.385 e. The van der Waals surface area contributed by atoms with Gasteiger partial charge in [0.2, 0.25) is 16.0 Å². The smallest absolute Gasteiger partial charge is 0.240 e. The minimum Gasteiger partial charge on any atom is -0.385 e. The van der Waals surface area contributed by atoms with Crippen LogP contribution in [0.15, 0.2) is 36.7 Å². The molecule has 0 saturated heterocycles. The van der Waals surface area contributed by atoms with Crippen LogP contribution >= 0.6 is 11.6 Å². The van der Waals surface area contributed by atoms with Crippen LogP contribution in [0, 0.1) is 0 Å². The first kappa shape index (κ1) is 26.9. The molecule has 4 rings (SSSR count). The Bertz CT molecular complexity index is 1470. The highest BCUT2D eigenvalue weighted by Crippen LogP contribution is 2.32. The normalized spacial score (nSPS) is 14.5. The van der Waals surface area contributed by atoms with Crippen molar-refractivity contribution in [3.63, 3.8) is 0 Å². The number of ether oxygens (including phenoxy) is 2. The Balaban J connectivity index is 1.75. The number of rotatable bonds is 11. The number of sulfonamides is 1. The topological polar surface area (TPSA) is 139 Å². The Hall–Kier alpha value is -3.13. The summed E-state index contributed by atoms with van der Waals surface area (Å²) in [6, 6.07) is 7.68. The molecule has 14 heteroatoms. The molecule has 0 aliphatic carbocycles. The van der Waals surface area contributed by atoms with Crippen LogP contribution in [0.1, 0.15) is 38.2 Å². The number of fused-ring (bicyclic) bond motifs is 1. The van der Waals surface area contributed by atoms with Crippen LogP contribution in [0.3, 0.4) is 0 Å². The molecule has 198 valence electrons. The van der Waals surface area contributed by atoms with Gasteiger partial charge in [0, 0.05) is 51.4 Å². The third kappa shape index (κ3) is 5.44. The molecule has 37 heavy (non-hydrogen) atoms. The molecule has 0 aliphatic heterocycles. The van der Waals surface area contributed by atoms with E-state index in [1.165, 1.54) is 19.5 Å². The maximum atomic E-state index is 13.5. The average Bonchev–Trinajstić information content (AvgIpc) is 3.44. The number of nitrogens with zero attached hydrogens (tertiary/aromatic N) is 7. The Kier molecular flexibility index (Phi) is 8.07. The fourth-order valence-electron chi connectivity index (χ4n) is 4.00. The van der Waals surface area contributed by atoms with E-state index in [2.05, 4.69) is 30.0 Å². The zero-order valence-corrected chi connectivity index (χ0v) is 22.7. The number of para-hydroxylation sites is 1. The summed E-state index contributed by atoms with van der Waals surface area (Å²) in [7, 11) is 0.980. The lowest BCUT2D eigenvalue weighted by Gasteiger charge is -2.23. The standard InChI is InChI=1S/C23H29ClN8O4S/c1-14(21-25-12-16(24)13-26-21)15(2)37(33,34)30-23-28-27-22(32(23)19(36-5)10-11-35-4)20-17-8-6-7-9-18(17)31(3)29-20/h6-9,12-15,19H,10-11H2,1-5H3,(H,28,30)/t14-,15-,19?/m0/s1. The van der Waals surface area contributed by atoms with E-state index >= 15 is 0 Å². The van der Waals surface area contributed by atoms with Crippen molar-refractivity contribution in [2.24, 2.45) is 7.05 Å². The molecule has 3 atom stereocenters. The van der Waals surface area contributed by atoms with Crippen LogP contribution < -0.4 is 4.72 Å². The van der Waals surface area contributed by atoms with Crippen molar-refractivity contribution >= 4 is 38.5 Å². The van der Waals surface area contributed by atoms with Gasteiger partial charge in [-0.2, -0.15) is 5.10 Å². The first-order valence-corrected chi connectivity index (χ1v) is 13.5. The van der Waals surface area contributed by atoms with Gasteiger partial charge in [-0.05, 0) is 13.0 Å². The van der Waals surface area contributed by atoms with E-state index in [9.17, 15) is 8.42 Å². The highest BCUT2D eigenvalue weighted by molar-refractivity contribution is 7.93. The molecule has 3 heterocycles. The molecule has 0 spiro atoms. The molecule has 1 N–H and O–H groups in total. The van der Waals surface area contributed by atoms with Crippen LogP contribution in [-0.4, -0.2) is 69.0 Å². The maximum absolute atomic E-state index is 13.5. The van der Waals surface area contributed by atoms with E-state index in [0.29, 0.717) is 35.4 Å². The number of halogens is 1. The minimum absolute atomic E-state index is 0.00348. The zero-order chi connectivity index (χ0) is 26.7. The van der Waals surface area contributed by atoms with Crippen LogP contribution in [0.2, 0.25) is 5.02 Å². The molecule has 0 bridgehead atoms. The predicted octanol–water partition coefficient (Wildman–Crippen LogP) is 3.39. The first-order chi connectivity index (χ1) is 17.7. The number of nitrogens with one attached hydrogen (secondary N) is 1. The van der Waals surface area contributed by atoms with E-state index in [4.69, 9.17) is 21.1 Å². The molecule has 1 unspecified atom stereocenters. The summed E-state index contributed by atoms with van der Waals surface area (Å²) in [6.45, 7) is 3.68. The van der Waals surface area contributed by atoms with Gasteiger partial charge in [0.1, 0.15) is 17.7 Å². The number of hydrogen-bond donors (Lipinski definition) is 1. The SMILES string of the molecule is COCCC(OC)n1c(NS(=O)(=O)[C@@H](C)[C@H](C)c2ncc(Cl)cn2)nnc1-c1nn(C)c2ccccc12. The third-order valence-electron chi connectivity index (χ3n) is 6.27. The second-order valence-electron chi connectivity index (χ2n) is 8.58. The summed E-state index contributed by atoms with van der Waals surface area (Å²) in [5, 5.41) is 13.5. The molecule has 0 amide bonds. The fraction of sp³-hybridized carbons (Fsp3) is 0.435. The molecule has 0 saturated carbocycles. The average molecular weight is 549 g/mol. The van der Waals surface area contributed by atoms with Crippen molar-refractivity contribution in [2.75, 3.05) is 25.5 Å². The summed E-state index contributed by atoms with van der Waals surface area (Å²) in [5.74, 6) is 0.194. The van der Waals surface area contributed by atoms with Gasteiger partial charge in [-0.1, -0.05) is 36.7 Å². The second-order valence-corrected chi connectivity index (χ2v) is 11.1. The fourth-order valence-corrected chi connectivity index (χ4v) is 5.34. The van der Waals surface area contributed by atoms with Gasteiger partial charge >= 0.3 is 0 Å². The number of anilines is 1. The molecule has 1 aromatic carbocycles. The van der Waals surface area contributed by atoms with Crippen LogP contribution in [0.25, 0.3) is 22.4 Å². The number of hydrogen-bond acceptors (Lipinski definition) is 9. The van der Waals surface area contributed by atoms with Crippen LogP contribution in [-0.2, 0) is 26.5 Å². The van der Waals surface area contributed by atoms with E-state index < -0.39 is 27.4 Å². The molecule has 12 nitrogen and oxygen atoms in total. The third-order valence-corrected chi connectivity index (χ3v) is 8.32. The Morgan fingerprint density at radius 3 is 2.49 bits per heavy atom. The van der Waals surface area contributed by atoms with Crippen molar-refractivity contribution in [2.45, 2.75) is 37.7 Å². The lowest BCUT2D eigenvalue weighted by molar-refractivity contribution is 0.0189. The number of aryl methyl sites for hydroxylation is 1. The van der Waals surface area contributed by atoms with Crippen molar-refractivity contribution in [1.29, 1.82) is 0 Å². The van der Waals surface area contributed by atoms with Crippen molar-refractivity contribution in [3.8, 4) is 11.5 Å². The highest BCUT2D eigenvalue weighted by atomic mass is 35.5. The van der Waals surface area contributed by atoms with Crippen molar-refractivity contribution < 1.29 is 17.9 Å². The predicted molar refractivity (Wildman–Crippen MR) is 140 cm³/mol. The van der Waals surface area contributed by atoms with E-state index in [1.807, 2.05) is 31.3 Å². The summed E-state index contributed by atoms with van der Waals surface area (Å²) in [6.07, 6.45) is 2.66. The molecule has 0 fully saturated rings. The van der Waals surface area contributed by atoms with Gasteiger partial charge in [0.15, 0.2) is 5.82 Å². The lowest BCUT2D eigenvalue weighted by atomic mass is 10.1. The molecular weight excluding hydrogens is 520 g/mol. The summed E-state index contributed by atoms with van der Waals surface area (Å²) in [4.78, 5) is 8.35. The van der Waals surface area contributed by atoms with Gasteiger partial charge in [-0.3, -0.25) is 14.0 Å². The first-order valence-electron chi connectivity index (χ1n) is 11.6. The summed E-state index contributed by atoms with van der Waals surface area (Å²) in [5.41, 5.74) is 1.44. The van der Waals surface area contributed by atoms with E-state index in [-0.39, 0.29) is 5.95 Å². The molecule has 3 aromatic heterocycles. The number of benzene rings is 1. The Morgan fingerprint density at radius 1 is 1.11 bits per heavy atom. The Morgan fingerprint density at radius 2 is 1.81 bits per heavy atom. The van der Waals surface area contributed by atoms with E-state index in [1.54, 1.807) is 30.2 Å². The lowest BCUT2D eigenvalue weighted by Crippen LogP contribution is -2.32. The molecular formula is C23H29ClN8O4S. The van der Waals surface area contributed by atoms with Gasteiger partial charge < -0.3 is 9.47 Å². The zero-order valence-electron chi connectivity index (χ0n) is 21.2. The summed E-state index contributed by atoms with van der Waals surface area (Å²) >= 11 is 5.88. The van der Waals surface area contributed by atoms with E-state index in [0.717, 1.165) is 10.9 Å². The van der Waals surface area contributed by atoms with Crippen LogP contribution in [0.5, 0.6) is 0 Å². The maximum Gasteiger partial charge on any atom is 0.240 e. The summed E-state index contributed by atoms with van der Waals surface area (Å²) < 4.78 is 43.8. The van der Waals surface area contributed by atoms with Gasteiger partial charge in [-0.15, -0.1) is 10.2 Å². The monoisotopic (exact) mass is 548 g/mol. The van der Waals surface area contributed by atoms with Gasteiger partial charge in [-0.25, -0.2) is 18.4 Å². The quantitative estimate of drug-likeness (QED) is 0.298. The van der Waals surface area contributed by atoms with Gasteiger partial charge in [0.05, 0.1) is 22.4 Å². The minimum atomic E-state index is -3.96. The van der Waals surface area contributed by atoms with Gasteiger partial charge in [0.25, 0.3) is 0 Å². The molecule has 4 aromatic rings. The van der Waals surface area contributed by atoms with Crippen LogP contribution in [0.4, 0.5) is 5.95 Å². The molecule has 0 aliphatic rings. The van der Waals surface area contributed by atoms with Crippen molar-refractivity contribution in [3.05, 3.63) is 47.5 Å². The Labute approximate surface area is 220 Å². The number of aromatic nitrogens is 7. The van der Waals surface area contributed by atoms with Crippen molar-refractivity contribution in [1.82, 2.24) is 34.5 Å². The second kappa shape index (κ2) is 11.1. The highest BCUT2D eigenvalue weighted by Gasteiger charge is 2.33. The molecule has 0 radical (unpaired) electrons. The number of methoxy groups -OCH3 is 2.